The summed E-state index contributed by atoms with van der Waals surface area (Å²) >= 11 is 0. The first-order valence-electron chi connectivity index (χ1n) is 7.31. The smallest absolute Gasteiger partial charge is 0.161 e. The highest BCUT2D eigenvalue weighted by Crippen LogP contribution is 2.32. The molecule has 0 aliphatic carbocycles. The minimum atomic E-state index is -0.479. The van der Waals surface area contributed by atoms with Gasteiger partial charge in [0, 0.05) is 0 Å². The molecule has 0 spiro atoms. The maximum absolute atomic E-state index is 9.58. The second kappa shape index (κ2) is 8.12. The Morgan fingerprint density at radius 2 is 1.70 bits per heavy atom. The molecule has 0 fully saturated rings. The Morgan fingerprint density at radius 1 is 1.10 bits per heavy atom. The van der Waals surface area contributed by atoms with E-state index in [2.05, 4.69) is 19.2 Å². The van der Waals surface area contributed by atoms with Gasteiger partial charge in [-0.2, -0.15) is 0 Å². The van der Waals surface area contributed by atoms with Gasteiger partial charge in [-0.1, -0.05) is 19.9 Å². The second-order valence-electron chi connectivity index (χ2n) is 5.10. The first-order valence-corrected chi connectivity index (χ1v) is 7.31. The van der Waals surface area contributed by atoms with Gasteiger partial charge in [0.25, 0.3) is 0 Å². The minimum Gasteiger partial charge on any atom is -0.490 e. The number of hydrogen-bond donors (Lipinski definition) is 2. The highest BCUT2D eigenvalue weighted by atomic mass is 16.5. The molecule has 114 valence electrons. The quantitative estimate of drug-likeness (QED) is 0.730. The molecule has 1 rings (SSSR count). The highest BCUT2D eigenvalue weighted by molar-refractivity contribution is 5.45. The number of rotatable bonds is 9. The molecule has 0 amide bonds. The van der Waals surface area contributed by atoms with Gasteiger partial charge in [0.15, 0.2) is 11.5 Å². The third-order valence-electron chi connectivity index (χ3n) is 3.37. The Balaban J connectivity index is 3.05. The molecule has 20 heavy (non-hydrogen) atoms. The van der Waals surface area contributed by atoms with E-state index in [1.165, 1.54) is 0 Å². The Bertz CT molecular complexity index is 403. The fraction of sp³-hybridized carbons (Fsp3) is 0.625. The van der Waals surface area contributed by atoms with Crippen molar-refractivity contribution in [3.8, 4) is 11.5 Å². The zero-order chi connectivity index (χ0) is 15.0. The van der Waals surface area contributed by atoms with Crippen LogP contribution in [-0.2, 0) is 5.54 Å². The molecule has 0 bridgehead atoms. The van der Waals surface area contributed by atoms with Crippen molar-refractivity contribution in [1.82, 2.24) is 5.32 Å². The minimum absolute atomic E-state index is 0.0197. The van der Waals surface area contributed by atoms with E-state index in [1.807, 2.05) is 32.2 Å². The fourth-order valence-corrected chi connectivity index (χ4v) is 1.82. The van der Waals surface area contributed by atoms with Gasteiger partial charge < -0.3 is 19.9 Å². The SMILES string of the molecule is CCCOc1ccc(C(C)(CO)NC)cc1OCCC. The van der Waals surface area contributed by atoms with E-state index in [9.17, 15) is 5.11 Å². The largest absolute Gasteiger partial charge is 0.490 e. The van der Waals surface area contributed by atoms with Crippen LogP contribution in [-0.4, -0.2) is 32.0 Å². The topological polar surface area (TPSA) is 50.7 Å². The van der Waals surface area contributed by atoms with Crippen LogP contribution in [0.3, 0.4) is 0 Å². The first-order chi connectivity index (χ1) is 9.61. The van der Waals surface area contributed by atoms with Crippen molar-refractivity contribution in [2.75, 3.05) is 26.9 Å². The van der Waals surface area contributed by atoms with Gasteiger partial charge in [0.1, 0.15) is 0 Å². The van der Waals surface area contributed by atoms with Crippen molar-refractivity contribution < 1.29 is 14.6 Å². The Morgan fingerprint density at radius 3 is 2.20 bits per heavy atom. The van der Waals surface area contributed by atoms with E-state index in [0.29, 0.717) is 13.2 Å². The van der Waals surface area contributed by atoms with Gasteiger partial charge in [0.2, 0.25) is 0 Å². The molecule has 4 heteroatoms. The molecular weight excluding hydrogens is 254 g/mol. The molecule has 1 unspecified atom stereocenters. The van der Waals surface area contributed by atoms with E-state index < -0.39 is 5.54 Å². The zero-order valence-corrected chi connectivity index (χ0v) is 13.0. The summed E-state index contributed by atoms with van der Waals surface area (Å²) in [4.78, 5) is 0. The summed E-state index contributed by atoms with van der Waals surface area (Å²) in [5, 5.41) is 12.7. The van der Waals surface area contributed by atoms with Crippen LogP contribution in [0.1, 0.15) is 39.2 Å². The van der Waals surface area contributed by atoms with Gasteiger partial charge in [-0.3, -0.25) is 0 Å². The van der Waals surface area contributed by atoms with Crippen LogP contribution in [0.2, 0.25) is 0 Å². The molecule has 0 radical (unpaired) electrons. The van der Waals surface area contributed by atoms with Crippen molar-refractivity contribution >= 4 is 0 Å². The van der Waals surface area contributed by atoms with Gasteiger partial charge in [-0.15, -0.1) is 0 Å². The molecule has 0 saturated carbocycles. The van der Waals surface area contributed by atoms with Crippen LogP contribution < -0.4 is 14.8 Å². The van der Waals surface area contributed by atoms with E-state index in [1.54, 1.807) is 0 Å². The fourth-order valence-electron chi connectivity index (χ4n) is 1.82. The predicted octanol–water partition coefficient (Wildman–Crippen LogP) is 2.69. The predicted molar refractivity (Wildman–Crippen MR) is 81.5 cm³/mol. The summed E-state index contributed by atoms with van der Waals surface area (Å²) in [5.74, 6) is 1.51. The number of likely N-dealkylation sites (N-methyl/N-ethyl adjacent to an activating group) is 1. The maximum Gasteiger partial charge on any atom is 0.161 e. The van der Waals surface area contributed by atoms with Crippen molar-refractivity contribution in [1.29, 1.82) is 0 Å². The Kier molecular flexibility index (Phi) is 6.82. The second-order valence-corrected chi connectivity index (χ2v) is 5.10. The molecule has 1 aromatic rings. The summed E-state index contributed by atoms with van der Waals surface area (Å²) in [5.41, 5.74) is 0.505. The van der Waals surface area contributed by atoms with Crippen LogP contribution in [0.25, 0.3) is 0 Å². The average molecular weight is 281 g/mol. The summed E-state index contributed by atoms with van der Waals surface area (Å²) in [6, 6.07) is 5.84. The van der Waals surface area contributed by atoms with Crippen molar-refractivity contribution in [2.45, 2.75) is 39.2 Å². The number of nitrogens with one attached hydrogen (secondary N) is 1. The number of hydrogen-bond acceptors (Lipinski definition) is 4. The number of benzene rings is 1. The average Bonchev–Trinajstić information content (AvgIpc) is 2.50. The van der Waals surface area contributed by atoms with E-state index in [-0.39, 0.29) is 6.61 Å². The lowest BCUT2D eigenvalue weighted by atomic mass is 9.93. The zero-order valence-electron chi connectivity index (χ0n) is 13.0. The number of ether oxygens (including phenoxy) is 2. The molecule has 2 N–H and O–H groups in total. The van der Waals surface area contributed by atoms with Crippen LogP contribution in [0.15, 0.2) is 18.2 Å². The Hall–Kier alpha value is -1.26. The molecule has 0 aromatic heterocycles. The molecule has 0 saturated heterocycles. The lowest BCUT2D eigenvalue weighted by Crippen LogP contribution is -2.40. The summed E-state index contributed by atoms with van der Waals surface area (Å²) < 4.78 is 11.5. The number of aliphatic hydroxyl groups excluding tert-OH is 1. The normalized spacial score (nSPS) is 13.8. The van der Waals surface area contributed by atoms with Gasteiger partial charge >= 0.3 is 0 Å². The van der Waals surface area contributed by atoms with Crippen molar-refractivity contribution in [3.05, 3.63) is 23.8 Å². The van der Waals surface area contributed by atoms with Crippen molar-refractivity contribution in [3.63, 3.8) is 0 Å². The molecule has 1 atom stereocenters. The monoisotopic (exact) mass is 281 g/mol. The van der Waals surface area contributed by atoms with Crippen LogP contribution in [0, 0.1) is 0 Å². The van der Waals surface area contributed by atoms with Crippen LogP contribution >= 0.6 is 0 Å². The van der Waals surface area contributed by atoms with E-state index in [4.69, 9.17) is 9.47 Å². The van der Waals surface area contributed by atoms with E-state index in [0.717, 1.165) is 29.9 Å². The molecule has 0 aliphatic heterocycles. The highest BCUT2D eigenvalue weighted by Gasteiger charge is 2.24. The van der Waals surface area contributed by atoms with Gasteiger partial charge in [-0.25, -0.2) is 0 Å². The van der Waals surface area contributed by atoms with Gasteiger partial charge in [-0.05, 0) is 44.5 Å². The van der Waals surface area contributed by atoms with Gasteiger partial charge in [0.05, 0.1) is 25.4 Å². The molecular formula is C16H27NO3. The maximum atomic E-state index is 9.58. The molecule has 1 aromatic carbocycles. The molecule has 0 aliphatic rings. The molecule has 4 nitrogen and oxygen atoms in total. The van der Waals surface area contributed by atoms with Crippen LogP contribution in [0.4, 0.5) is 0 Å². The van der Waals surface area contributed by atoms with E-state index >= 15 is 0 Å². The lowest BCUT2D eigenvalue weighted by molar-refractivity contribution is 0.182. The summed E-state index contributed by atoms with van der Waals surface area (Å²) in [6.07, 6.45) is 1.90. The lowest BCUT2D eigenvalue weighted by Gasteiger charge is -2.28. The Labute approximate surface area is 122 Å². The van der Waals surface area contributed by atoms with Crippen LogP contribution in [0.5, 0.6) is 11.5 Å². The summed E-state index contributed by atoms with van der Waals surface area (Å²) in [7, 11) is 1.84. The third-order valence-corrected chi connectivity index (χ3v) is 3.37. The third kappa shape index (κ3) is 4.12. The summed E-state index contributed by atoms with van der Waals surface area (Å²) in [6.45, 7) is 7.45. The van der Waals surface area contributed by atoms with Crippen molar-refractivity contribution in [2.24, 2.45) is 0 Å². The first kappa shape index (κ1) is 16.8. The number of aliphatic hydroxyl groups is 1. The standard InChI is InChI=1S/C16H27NO3/c1-5-9-19-14-8-7-13(16(3,12-18)17-4)11-15(14)20-10-6-2/h7-8,11,17-18H,5-6,9-10,12H2,1-4H3. The molecule has 0 heterocycles.